The monoisotopic (exact) mass is 509 g/mol. The molecule has 7 rings (SSSR count). The highest BCUT2D eigenvalue weighted by Crippen LogP contribution is 2.43. The highest BCUT2D eigenvalue weighted by molar-refractivity contribution is 5.91. The molecule has 2 bridgehead atoms. The Labute approximate surface area is 216 Å². The van der Waals surface area contributed by atoms with E-state index in [-0.39, 0.29) is 35.6 Å². The molecule has 3 atom stereocenters. The van der Waals surface area contributed by atoms with E-state index in [1.165, 1.54) is 12.4 Å². The minimum atomic E-state index is -0.314. The second-order valence-corrected chi connectivity index (χ2v) is 9.91. The molecule has 190 valence electrons. The molecule has 38 heavy (non-hydrogen) atoms. The third-order valence-electron chi connectivity index (χ3n) is 7.75. The maximum Gasteiger partial charge on any atom is 0.292 e. The third kappa shape index (κ3) is 3.61. The van der Waals surface area contributed by atoms with Crippen molar-refractivity contribution in [3.8, 4) is 22.4 Å². The summed E-state index contributed by atoms with van der Waals surface area (Å²) in [5.74, 6) is 0.538. The van der Waals surface area contributed by atoms with Gasteiger partial charge in [0.2, 0.25) is 5.82 Å². The topological polar surface area (TPSA) is 131 Å². The van der Waals surface area contributed by atoms with Crippen molar-refractivity contribution in [3.63, 3.8) is 0 Å². The molecule has 1 aromatic carbocycles. The van der Waals surface area contributed by atoms with Crippen LogP contribution in [0.1, 0.15) is 47.9 Å². The van der Waals surface area contributed by atoms with Crippen molar-refractivity contribution >= 4 is 17.4 Å². The molecule has 0 spiro atoms. The van der Waals surface area contributed by atoms with Gasteiger partial charge in [-0.15, -0.1) is 10.2 Å². The van der Waals surface area contributed by atoms with Crippen LogP contribution in [0.3, 0.4) is 0 Å². The van der Waals surface area contributed by atoms with Crippen LogP contribution in [0.4, 0.5) is 10.2 Å². The van der Waals surface area contributed by atoms with E-state index < -0.39 is 0 Å². The number of nitrogens with two attached hydrogens (primary N) is 1. The number of H-pyrrole nitrogens is 1. The minimum absolute atomic E-state index is 0.0965. The number of aromatic nitrogens is 7. The van der Waals surface area contributed by atoms with Gasteiger partial charge < -0.3 is 15.6 Å². The first kappa shape index (κ1) is 22.5. The van der Waals surface area contributed by atoms with E-state index in [1.807, 2.05) is 17.0 Å². The number of hydrogen-bond donors (Lipinski definition) is 2. The van der Waals surface area contributed by atoms with Gasteiger partial charge in [-0.05, 0) is 43.9 Å². The van der Waals surface area contributed by atoms with Gasteiger partial charge in [0.05, 0.1) is 11.9 Å². The molecule has 0 radical (unpaired) electrons. The van der Waals surface area contributed by atoms with Gasteiger partial charge >= 0.3 is 0 Å². The van der Waals surface area contributed by atoms with Gasteiger partial charge in [0.25, 0.3) is 5.91 Å². The number of carbonyl (C=O) groups excluding carboxylic acids is 1. The van der Waals surface area contributed by atoms with Crippen molar-refractivity contribution in [1.82, 2.24) is 39.7 Å². The molecule has 2 aliphatic heterocycles. The van der Waals surface area contributed by atoms with Crippen LogP contribution in [0.25, 0.3) is 28.0 Å². The lowest BCUT2D eigenvalue weighted by atomic mass is 9.87. The molecule has 0 aliphatic carbocycles. The fourth-order valence-electron chi connectivity index (χ4n) is 5.98. The number of halogens is 1. The van der Waals surface area contributed by atoms with E-state index in [0.29, 0.717) is 22.7 Å². The van der Waals surface area contributed by atoms with Crippen molar-refractivity contribution in [2.45, 2.75) is 43.7 Å². The first-order valence-corrected chi connectivity index (χ1v) is 12.6. The zero-order valence-electron chi connectivity index (χ0n) is 20.3. The Kier molecular flexibility index (Phi) is 5.17. The SMILES string of the molecule is Nc1cc([C@H]2C[C@H]3CC[C@@H](C2)N3C(=O)c2nnc[nH]2)nc2c(-c3ccc(-c4ccccc4F)nc3)cnn12. The third-order valence-corrected chi connectivity index (χ3v) is 7.75. The second kappa shape index (κ2) is 8.72. The molecule has 10 nitrogen and oxygen atoms in total. The number of anilines is 1. The predicted molar refractivity (Wildman–Crippen MR) is 137 cm³/mol. The van der Waals surface area contributed by atoms with Crippen LogP contribution in [0.2, 0.25) is 0 Å². The molecule has 2 fully saturated rings. The lowest BCUT2D eigenvalue weighted by molar-refractivity contribution is 0.0557. The van der Waals surface area contributed by atoms with Crippen LogP contribution in [0, 0.1) is 5.82 Å². The van der Waals surface area contributed by atoms with Crippen molar-refractivity contribution in [2.75, 3.05) is 5.73 Å². The molecule has 0 saturated carbocycles. The van der Waals surface area contributed by atoms with Gasteiger partial charge in [0.15, 0.2) is 5.65 Å². The molecule has 1 amide bonds. The van der Waals surface area contributed by atoms with Crippen LogP contribution < -0.4 is 5.73 Å². The first-order valence-electron chi connectivity index (χ1n) is 12.6. The Morgan fingerprint density at radius 3 is 2.58 bits per heavy atom. The number of pyridine rings is 1. The lowest BCUT2D eigenvalue weighted by Gasteiger charge is -2.38. The number of hydrogen-bond acceptors (Lipinski definition) is 7. The number of carbonyl (C=O) groups is 1. The molecule has 6 heterocycles. The van der Waals surface area contributed by atoms with Gasteiger partial charge in [0, 0.05) is 52.6 Å². The molecular formula is C27H24FN9O. The number of benzene rings is 1. The van der Waals surface area contributed by atoms with Crippen LogP contribution in [0.5, 0.6) is 0 Å². The van der Waals surface area contributed by atoms with E-state index in [0.717, 1.165) is 42.5 Å². The van der Waals surface area contributed by atoms with Crippen molar-refractivity contribution in [3.05, 3.63) is 78.5 Å². The van der Waals surface area contributed by atoms with Crippen molar-refractivity contribution < 1.29 is 9.18 Å². The molecular weight excluding hydrogens is 485 g/mol. The summed E-state index contributed by atoms with van der Waals surface area (Å²) in [6.45, 7) is 0. The summed E-state index contributed by atoms with van der Waals surface area (Å²) in [5.41, 5.74) is 10.6. The number of fused-ring (bicyclic) bond motifs is 3. The molecule has 3 N–H and O–H groups in total. The summed E-state index contributed by atoms with van der Waals surface area (Å²) in [6.07, 6.45) is 8.38. The van der Waals surface area contributed by atoms with E-state index in [1.54, 1.807) is 41.2 Å². The van der Waals surface area contributed by atoms with E-state index in [2.05, 4.69) is 25.3 Å². The summed E-state index contributed by atoms with van der Waals surface area (Å²) in [5, 5.41) is 12.1. The van der Waals surface area contributed by atoms with Crippen LogP contribution >= 0.6 is 0 Å². The fourth-order valence-corrected chi connectivity index (χ4v) is 5.98. The zero-order chi connectivity index (χ0) is 25.8. The highest BCUT2D eigenvalue weighted by Gasteiger charge is 2.45. The summed E-state index contributed by atoms with van der Waals surface area (Å²) in [6, 6.07) is 12.4. The van der Waals surface area contributed by atoms with Gasteiger partial charge in [-0.1, -0.05) is 18.2 Å². The maximum absolute atomic E-state index is 14.2. The highest BCUT2D eigenvalue weighted by atomic mass is 19.1. The molecule has 11 heteroatoms. The molecule has 4 aromatic heterocycles. The quantitative estimate of drug-likeness (QED) is 0.376. The van der Waals surface area contributed by atoms with Gasteiger partial charge in [-0.25, -0.2) is 9.37 Å². The first-order chi connectivity index (χ1) is 18.6. The van der Waals surface area contributed by atoms with Gasteiger partial charge in [-0.2, -0.15) is 9.61 Å². The van der Waals surface area contributed by atoms with Crippen molar-refractivity contribution in [1.29, 1.82) is 0 Å². The van der Waals surface area contributed by atoms with Crippen LogP contribution in [-0.4, -0.2) is 57.7 Å². The Bertz CT molecular complexity index is 1630. The minimum Gasteiger partial charge on any atom is -0.384 e. The lowest BCUT2D eigenvalue weighted by Crippen LogP contribution is -2.46. The average Bonchev–Trinajstić information content (AvgIpc) is 3.67. The molecule has 2 saturated heterocycles. The average molecular weight is 510 g/mol. The Morgan fingerprint density at radius 1 is 1.05 bits per heavy atom. The number of nitrogen functional groups attached to an aromatic ring is 1. The summed E-state index contributed by atoms with van der Waals surface area (Å²) < 4.78 is 15.8. The smallest absolute Gasteiger partial charge is 0.292 e. The number of nitrogens with one attached hydrogen (secondary N) is 1. The normalized spacial score (nSPS) is 20.8. The van der Waals surface area contributed by atoms with Gasteiger partial charge in [0.1, 0.15) is 18.0 Å². The van der Waals surface area contributed by atoms with Crippen LogP contribution in [0.15, 0.2) is 61.2 Å². The number of rotatable bonds is 4. The number of piperidine rings is 1. The predicted octanol–water partition coefficient (Wildman–Crippen LogP) is 3.85. The number of amides is 1. The standard InChI is InChI=1S/C27H24FN9O/c28-21-4-2-1-3-19(21)22-8-5-15(12-30-22)20-13-33-37-24(29)11-23(34-26(20)37)16-9-17-6-7-18(10-16)36(17)27(38)25-31-14-32-35-25/h1-5,8,11-14,16-18H,6-7,9-10,29H2,(H,31,32,35)/t16-,17+,18-. The zero-order valence-corrected chi connectivity index (χ0v) is 20.3. The van der Waals surface area contributed by atoms with E-state index in [9.17, 15) is 9.18 Å². The largest absolute Gasteiger partial charge is 0.384 e. The Balaban J connectivity index is 1.19. The fraction of sp³-hybridized carbons (Fsp3) is 0.259. The second-order valence-electron chi connectivity index (χ2n) is 9.91. The van der Waals surface area contributed by atoms with E-state index >= 15 is 0 Å². The summed E-state index contributed by atoms with van der Waals surface area (Å²) in [4.78, 5) is 27.3. The van der Waals surface area contributed by atoms with Gasteiger partial charge in [-0.3, -0.25) is 9.78 Å². The maximum atomic E-state index is 14.2. The molecule has 2 aliphatic rings. The number of nitrogens with zero attached hydrogens (tertiary/aromatic N) is 7. The molecule has 5 aromatic rings. The van der Waals surface area contributed by atoms with Crippen LogP contribution in [-0.2, 0) is 0 Å². The Hall–Kier alpha value is -4.67. The van der Waals surface area contributed by atoms with Crippen molar-refractivity contribution in [2.24, 2.45) is 0 Å². The molecule has 0 unspecified atom stereocenters. The Morgan fingerprint density at radius 2 is 1.87 bits per heavy atom. The summed E-state index contributed by atoms with van der Waals surface area (Å²) in [7, 11) is 0. The van der Waals surface area contributed by atoms with E-state index in [4.69, 9.17) is 10.7 Å². The summed E-state index contributed by atoms with van der Waals surface area (Å²) >= 11 is 0. The number of aromatic amines is 1.